The third-order valence-corrected chi connectivity index (χ3v) is 9.57. The Labute approximate surface area is 203 Å². The summed E-state index contributed by atoms with van der Waals surface area (Å²) < 4.78 is 56.7. The van der Waals surface area contributed by atoms with Crippen molar-refractivity contribution >= 4 is 30.9 Å². The smallest absolute Gasteiger partial charge is 0.214 e. The molecule has 0 bridgehead atoms. The molecule has 0 unspecified atom stereocenters. The van der Waals surface area contributed by atoms with Crippen LogP contribution >= 0.6 is 0 Å². The quantitative estimate of drug-likeness (QED) is 0.400. The molecule has 1 fully saturated rings. The number of benzene rings is 2. The van der Waals surface area contributed by atoms with Crippen molar-refractivity contribution in [2.45, 2.75) is 24.8 Å². The molecule has 0 atom stereocenters. The monoisotopic (exact) mass is 512 g/mol. The molecule has 2 aromatic heterocycles. The molecule has 35 heavy (non-hydrogen) atoms. The van der Waals surface area contributed by atoms with Crippen LogP contribution < -0.4 is 4.74 Å². The van der Waals surface area contributed by atoms with Gasteiger partial charge in [-0.3, -0.25) is 4.98 Å². The summed E-state index contributed by atoms with van der Waals surface area (Å²) >= 11 is 0. The summed E-state index contributed by atoms with van der Waals surface area (Å²) in [5.74, 6) is 1.62. The summed E-state index contributed by atoms with van der Waals surface area (Å²) in [6, 6.07) is 15.3. The van der Waals surface area contributed by atoms with Gasteiger partial charge >= 0.3 is 0 Å². The number of nitrogens with zero attached hydrogens (tertiary/aromatic N) is 3. The van der Waals surface area contributed by atoms with Gasteiger partial charge in [0.1, 0.15) is 17.2 Å². The van der Waals surface area contributed by atoms with Crippen molar-refractivity contribution in [2.24, 2.45) is 0 Å². The lowest BCUT2D eigenvalue weighted by molar-refractivity contribution is 0.422. The van der Waals surface area contributed by atoms with Crippen molar-refractivity contribution in [3.05, 3.63) is 66.4 Å². The number of nitrogens with one attached hydrogen (secondary N) is 1. The van der Waals surface area contributed by atoms with E-state index in [2.05, 4.69) is 15.0 Å². The molecule has 2 aromatic carbocycles. The van der Waals surface area contributed by atoms with Gasteiger partial charge in [0.05, 0.1) is 27.4 Å². The molecule has 1 aliphatic heterocycles. The first kappa shape index (κ1) is 23.5. The maximum absolute atomic E-state index is 12.4. The fourth-order valence-electron chi connectivity index (χ4n) is 3.99. The molecule has 3 heterocycles. The standard InChI is InChI=1S/C24H24N4O5S2/c1-2-34(29,30)19-9-7-18(8-10-19)33-23-15-22-21(26-24(27-22)20-6-3-4-11-25-20)14-17(23)16-28-12-5-13-35(28,31)32/h3-4,6-11,14-15H,2,5,12-13,16H2,1H3,(H,26,27). The summed E-state index contributed by atoms with van der Waals surface area (Å²) in [6.45, 7) is 2.20. The predicted molar refractivity (Wildman–Crippen MR) is 132 cm³/mol. The Kier molecular flexibility index (Phi) is 6.07. The van der Waals surface area contributed by atoms with Crippen molar-refractivity contribution in [3.8, 4) is 23.0 Å². The number of hydrogen-bond donors (Lipinski definition) is 1. The van der Waals surface area contributed by atoms with Crippen molar-refractivity contribution in [1.29, 1.82) is 0 Å². The second-order valence-corrected chi connectivity index (χ2v) is 12.6. The molecule has 1 N–H and O–H groups in total. The van der Waals surface area contributed by atoms with E-state index in [1.807, 2.05) is 24.3 Å². The third kappa shape index (κ3) is 4.79. The van der Waals surface area contributed by atoms with E-state index in [1.165, 1.54) is 16.4 Å². The first-order valence-corrected chi connectivity index (χ1v) is 14.4. The Morgan fingerprint density at radius 3 is 2.57 bits per heavy atom. The van der Waals surface area contributed by atoms with Crippen LogP contribution in [0.15, 0.2) is 65.7 Å². The summed E-state index contributed by atoms with van der Waals surface area (Å²) in [5.41, 5.74) is 2.72. The average Bonchev–Trinajstić information content (AvgIpc) is 3.42. The molecular weight excluding hydrogens is 488 g/mol. The minimum atomic E-state index is -3.33. The Balaban J connectivity index is 1.54. The maximum atomic E-state index is 12.4. The second kappa shape index (κ2) is 9.06. The number of H-pyrrole nitrogens is 1. The van der Waals surface area contributed by atoms with E-state index < -0.39 is 19.9 Å². The lowest BCUT2D eigenvalue weighted by Gasteiger charge is -2.17. The Morgan fingerprint density at radius 2 is 1.91 bits per heavy atom. The van der Waals surface area contributed by atoms with E-state index in [0.717, 1.165) is 5.52 Å². The van der Waals surface area contributed by atoms with Gasteiger partial charge in [0.25, 0.3) is 0 Å². The molecule has 1 saturated heterocycles. The van der Waals surface area contributed by atoms with Gasteiger partial charge in [-0.2, -0.15) is 4.31 Å². The number of aromatic amines is 1. The van der Waals surface area contributed by atoms with Crippen LogP contribution in [-0.2, 0) is 26.4 Å². The number of rotatable bonds is 7. The number of hydrogen-bond acceptors (Lipinski definition) is 7. The number of ether oxygens (including phenoxy) is 1. The Bertz CT molecular complexity index is 1580. The lowest BCUT2D eigenvalue weighted by Crippen LogP contribution is -2.25. The first-order valence-electron chi connectivity index (χ1n) is 11.2. The molecule has 0 amide bonds. The molecule has 0 spiro atoms. The molecule has 5 rings (SSSR count). The van der Waals surface area contributed by atoms with Gasteiger partial charge in [-0.05, 0) is 48.9 Å². The van der Waals surface area contributed by atoms with Crippen LogP contribution in [0.4, 0.5) is 0 Å². The Morgan fingerprint density at radius 1 is 1.11 bits per heavy atom. The number of sulfonamides is 1. The van der Waals surface area contributed by atoms with Crippen molar-refractivity contribution in [1.82, 2.24) is 19.3 Å². The van der Waals surface area contributed by atoms with E-state index in [9.17, 15) is 16.8 Å². The number of aromatic nitrogens is 3. The summed E-state index contributed by atoms with van der Waals surface area (Å²) in [4.78, 5) is 12.4. The summed E-state index contributed by atoms with van der Waals surface area (Å²) in [5, 5.41) is 0. The molecule has 9 nitrogen and oxygen atoms in total. The second-order valence-electron chi connectivity index (χ2n) is 8.26. The lowest BCUT2D eigenvalue weighted by atomic mass is 10.1. The highest BCUT2D eigenvalue weighted by molar-refractivity contribution is 7.91. The van der Waals surface area contributed by atoms with Gasteiger partial charge in [0, 0.05) is 30.9 Å². The average molecular weight is 513 g/mol. The molecular formula is C24H24N4O5S2. The van der Waals surface area contributed by atoms with Gasteiger partial charge in [0.15, 0.2) is 15.7 Å². The van der Waals surface area contributed by atoms with Crippen molar-refractivity contribution in [2.75, 3.05) is 18.1 Å². The van der Waals surface area contributed by atoms with Crippen LogP contribution in [0.1, 0.15) is 18.9 Å². The minimum absolute atomic E-state index is 0.0100. The van der Waals surface area contributed by atoms with Gasteiger partial charge in [-0.1, -0.05) is 13.0 Å². The van der Waals surface area contributed by atoms with E-state index in [0.29, 0.717) is 47.1 Å². The molecule has 1 aliphatic rings. The topological polar surface area (TPSA) is 122 Å². The first-order chi connectivity index (χ1) is 16.7. The zero-order chi connectivity index (χ0) is 24.6. The number of imidazole rings is 1. The van der Waals surface area contributed by atoms with Gasteiger partial charge < -0.3 is 9.72 Å². The fraction of sp³-hybridized carbons (Fsp3) is 0.250. The van der Waals surface area contributed by atoms with E-state index in [-0.39, 0.29) is 22.9 Å². The fourth-order valence-corrected chi connectivity index (χ4v) is 6.37. The molecule has 0 radical (unpaired) electrons. The van der Waals surface area contributed by atoms with Crippen LogP contribution in [0.3, 0.4) is 0 Å². The highest BCUT2D eigenvalue weighted by Crippen LogP contribution is 2.33. The SMILES string of the molecule is CCS(=O)(=O)c1ccc(Oc2cc3nc(-c4ccccn4)[nH]c3cc2CN2CCCS2(=O)=O)cc1. The Hall–Kier alpha value is -3.28. The normalized spacial score (nSPS) is 16.0. The van der Waals surface area contributed by atoms with Crippen LogP contribution in [0.25, 0.3) is 22.6 Å². The summed E-state index contributed by atoms with van der Waals surface area (Å²) in [6.07, 6.45) is 2.27. The zero-order valence-electron chi connectivity index (χ0n) is 19.0. The van der Waals surface area contributed by atoms with Gasteiger partial charge in [-0.25, -0.2) is 21.8 Å². The molecule has 11 heteroatoms. The minimum Gasteiger partial charge on any atom is -0.457 e. The van der Waals surface area contributed by atoms with E-state index in [4.69, 9.17) is 4.74 Å². The van der Waals surface area contributed by atoms with Crippen LogP contribution in [0.2, 0.25) is 0 Å². The highest BCUT2D eigenvalue weighted by Gasteiger charge is 2.29. The number of sulfone groups is 1. The van der Waals surface area contributed by atoms with E-state index in [1.54, 1.807) is 31.3 Å². The predicted octanol–water partition coefficient (Wildman–Crippen LogP) is 3.75. The third-order valence-electron chi connectivity index (χ3n) is 5.91. The van der Waals surface area contributed by atoms with Gasteiger partial charge in [0.2, 0.25) is 10.0 Å². The maximum Gasteiger partial charge on any atom is 0.214 e. The molecule has 0 aliphatic carbocycles. The van der Waals surface area contributed by atoms with Crippen LogP contribution in [0.5, 0.6) is 11.5 Å². The van der Waals surface area contributed by atoms with E-state index >= 15 is 0 Å². The highest BCUT2D eigenvalue weighted by atomic mass is 32.2. The van der Waals surface area contributed by atoms with Crippen LogP contribution in [-0.4, -0.2) is 54.1 Å². The molecule has 0 saturated carbocycles. The summed E-state index contributed by atoms with van der Waals surface area (Å²) in [7, 11) is -6.64. The largest absolute Gasteiger partial charge is 0.457 e. The molecule has 182 valence electrons. The van der Waals surface area contributed by atoms with Crippen LogP contribution in [0, 0.1) is 0 Å². The molecule has 4 aromatic rings. The van der Waals surface area contributed by atoms with Crippen molar-refractivity contribution in [3.63, 3.8) is 0 Å². The zero-order valence-corrected chi connectivity index (χ0v) is 20.6. The van der Waals surface area contributed by atoms with Crippen molar-refractivity contribution < 1.29 is 21.6 Å². The number of fused-ring (bicyclic) bond motifs is 1. The van der Waals surface area contributed by atoms with Gasteiger partial charge in [-0.15, -0.1) is 0 Å². The number of pyridine rings is 1.